The quantitative estimate of drug-likeness (QED) is 0.606. The van der Waals surface area contributed by atoms with Gasteiger partial charge >= 0.3 is 0 Å². The molecule has 0 radical (unpaired) electrons. The highest BCUT2D eigenvalue weighted by atomic mass is 35.5. The van der Waals surface area contributed by atoms with E-state index in [4.69, 9.17) is 16.4 Å². The molecule has 0 aromatic heterocycles. The van der Waals surface area contributed by atoms with E-state index in [9.17, 15) is 9.90 Å². The average Bonchev–Trinajstić information content (AvgIpc) is 2.84. The predicted octanol–water partition coefficient (Wildman–Crippen LogP) is 6.09. The lowest BCUT2D eigenvalue weighted by Crippen LogP contribution is -2.24. The third-order valence-electron chi connectivity index (χ3n) is 5.13. The van der Waals surface area contributed by atoms with E-state index >= 15 is 0 Å². The Morgan fingerprint density at radius 3 is 2.03 bits per heavy atom. The van der Waals surface area contributed by atoms with Gasteiger partial charge in [-0.05, 0) is 46.7 Å². The summed E-state index contributed by atoms with van der Waals surface area (Å²) in [4.78, 5) is 18.3. The molecule has 0 spiro atoms. The molecule has 0 aliphatic carbocycles. The molecule has 1 N–H and O–H groups in total. The number of nitrogens with zero attached hydrogens (tertiary/aromatic N) is 1. The van der Waals surface area contributed by atoms with Crippen molar-refractivity contribution in [1.29, 1.82) is 0 Å². The van der Waals surface area contributed by atoms with Crippen LogP contribution in [0.3, 0.4) is 0 Å². The Labute approximate surface area is 177 Å². The normalized spacial score (nSPS) is 15.9. The number of carbonyl (C=O) groups excluding carboxylic acids is 1. The van der Waals surface area contributed by atoms with Crippen molar-refractivity contribution in [2.24, 2.45) is 0 Å². The van der Waals surface area contributed by atoms with E-state index in [1.807, 2.05) is 24.3 Å². The minimum absolute atomic E-state index is 0.243. The molecule has 1 heterocycles. The molecule has 5 heteroatoms. The fourth-order valence-electron chi connectivity index (χ4n) is 3.61. The molecule has 0 fully saturated rings. The molecule has 0 saturated heterocycles. The van der Waals surface area contributed by atoms with Gasteiger partial charge in [0, 0.05) is 21.7 Å². The number of hydroxylamine groups is 1. The van der Waals surface area contributed by atoms with Gasteiger partial charge in [-0.1, -0.05) is 59.2 Å². The van der Waals surface area contributed by atoms with Gasteiger partial charge in [-0.15, -0.1) is 0 Å². The van der Waals surface area contributed by atoms with E-state index in [-0.39, 0.29) is 16.7 Å². The third kappa shape index (κ3) is 3.92. The number of aromatic hydroxyl groups is 1. The lowest BCUT2D eigenvalue weighted by molar-refractivity contribution is -0.118. The van der Waals surface area contributed by atoms with Gasteiger partial charge in [0.05, 0.1) is 18.4 Å². The Hall–Kier alpha value is -2.30. The number of rotatable bonds is 2. The Morgan fingerprint density at radius 1 is 1.00 bits per heavy atom. The van der Waals surface area contributed by atoms with Crippen molar-refractivity contribution in [3.63, 3.8) is 0 Å². The van der Waals surface area contributed by atoms with Crippen LogP contribution in [0.2, 0.25) is 5.02 Å². The number of amides is 1. The van der Waals surface area contributed by atoms with Gasteiger partial charge in [0.1, 0.15) is 5.75 Å². The van der Waals surface area contributed by atoms with Crippen molar-refractivity contribution in [3.8, 4) is 5.75 Å². The van der Waals surface area contributed by atoms with Crippen LogP contribution in [0.15, 0.2) is 30.3 Å². The summed E-state index contributed by atoms with van der Waals surface area (Å²) in [7, 11) is 1.46. The molecule has 0 saturated carbocycles. The first kappa shape index (κ1) is 21.4. The SMILES string of the molecule is CON1C(=O)C(=Cc2cc(C(C)(C)C)c(O)c(C(C)(C)C)c2)c2ccc(Cl)cc21. The molecule has 1 aliphatic rings. The smallest absolute Gasteiger partial charge is 0.282 e. The first-order chi connectivity index (χ1) is 13.3. The van der Waals surface area contributed by atoms with Gasteiger partial charge in [-0.2, -0.15) is 5.06 Å². The summed E-state index contributed by atoms with van der Waals surface area (Å²) in [6.45, 7) is 12.4. The summed E-state index contributed by atoms with van der Waals surface area (Å²) in [5.41, 5.74) is 3.99. The van der Waals surface area contributed by atoms with E-state index in [1.54, 1.807) is 12.1 Å². The van der Waals surface area contributed by atoms with Crippen molar-refractivity contribution < 1.29 is 14.7 Å². The summed E-state index contributed by atoms with van der Waals surface area (Å²) in [6.07, 6.45) is 1.86. The molecule has 0 atom stereocenters. The van der Waals surface area contributed by atoms with Crippen molar-refractivity contribution >= 4 is 34.8 Å². The number of anilines is 1. The fraction of sp³-hybridized carbons (Fsp3) is 0.375. The molecule has 0 unspecified atom stereocenters. The summed E-state index contributed by atoms with van der Waals surface area (Å²) < 4.78 is 0. The third-order valence-corrected chi connectivity index (χ3v) is 5.36. The highest BCUT2D eigenvalue weighted by molar-refractivity contribution is 6.36. The molecule has 2 aromatic rings. The molecule has 154 valence electrons. The maximum absolute atomic E-state index is 13.0. The first-order valence-corrected chi connectivity index (χ1v) is 10.0. The fourth-order valence-corrected chi connectivity index (χ4v) is 3.77. The molecule has 2 aromatic carbocycles. The molecule has 4 nitrogen and oxygen atoms in total. The Morgan fingerprint density at radius 2 is 1.55 bits per heavy atom. The molecule has 29 heavy (non-hydrogen) atoms. The summed E-state index contributed by atoms with van der Waals surface area (Å²) in [6, 6.07) is 9.22. The summed E-state index contributed by atoms with van der Waals surface area (Å²) in [5, 5.41) is 12.7. The van der Waals surface area contributed by atoms with Crippen molar-refractivity contribution in [2.75, 3.05) is 12.2 Å². The van der Waals surface area contributed by atoms with E-state index in [2.05, 4.69) is 41.5 Å². The number of fused-ring (bicyclic) bond motifs is 1. The van der Waals surface area contributed by atoms with Gasteiger partial charge in [0.2, 0.25) is 0 Å². The van der Waals surface area contributed by atoms with Crippen LogP contribution in [-0.4, -0.2) is 18.1 Å². The average molecular weight is 414 g/mol. The van der Waals surface area contributed by atoms with E-state index in [0.29, 0.717) is 22.0 Å². The maximum Gasteiger partial charge on any atom is 0.282 e. The van der Waals surface area contributed by atoms with Gasteiger partial charge in [-0.25, -0.2) is 0 Å². The lowest BCUT2D eigenvalue weighted by Gasteiger charge is -2.28. The highest BCUT2D eigenvalue weighted by Gasteiger charge is 2.34. The molecule has 3 rings (SSSR count). The van der Waals surface area contributed by atoms with Crippen LogP contribution in [0, 0.1) is 0 Å². The predicted molar refractivity (Wildman–Crippen MR) is 119 cm³/mol. The number of phenolic OH excluding ortho intramolecular Hbond substituents is 1. The number of benzene rings is 2. The number of hydrogen-bond donors (Lipinski definition) is 1. The second kappa shape index (κ2) is 7.19. The van der Waals surface area contributed by atoms with Gasteiger partial charge in [0.25, 0.3) is 5.91 Å². The monoisotopic (exact) mass is 413 g/mol. The minimum Gasteiger partial charge on any atom is -0.507 e. The molecule has 0 bridgehead atoms. The van der Waals surface area contributed by atoms with Crippen LogP contribution in [0.1, 0.15) is 63.8 Å². The van der Waals surface area contributed by atoms with Crippen LogP contribution >= 0.6 is 11.6 Å². The molecule has 1 amide bonds. The Kier molecular flexibility index (Phi) is 5.31. The lowest BCUT2D eigenvalue weighted by atomic mass is 9.78. The van der Waals surface area contributed by atoms with Gasteiger partial charge in [0.15, 0.2) is 0 Å². The van der Waals surface area contributed by atoms with Gasteiger partial charge < -0.3 is 5.11 Å². The molecular formula is C24H28ClNO3. The zero-order valence-electron chi connectivity index (χ0n) is 18.1. The van der Waals surface area contributed by atoms with Crippen LogP contribution in [0.4, 0.5) is 5.69 Å². The standard InChI is InChI=1S/C24H28ClNO3/c1-23(2,3)18-11-14(12-19(21(18)27)24(4,5)6)10-17-16-9-8-15(25)13-20(16)26(29-7)22(17)28/h8-13,27H,1-7H3. The largest absolute Gasteiger partial charge is 0.507 e. The number of carbonyl (C=O) groups is 1. The van der Waals surface area contributed by atoms with Crippen LogP contribution < -0.4 is 5.06 Å². The van der Waals surface area contributed by atoms with Crippen LogP contribution in [0.25, 0.3) is 11.6 Å². The first-order valence-electron chi connectivity index (χ1n) is 9.62. The second-order valence-electron chi connectivity index (χ2n) is 9.47. The van der Waals surface area contributed by atoms with E-state index in [0.717, 1.165) is 22.3 Å². The highest BCUT2D eigenvalue weighted by Crippen LogP contribution is 2.43. The van der Waals surface area contributed by atoms with Crippen molar-refractivity contribution in [2.45, 2.75) is 52.4 Å². The van der Waals surface area contributed by atoms with Crippen LogP contribution in [0.5, 0.6) is 5.75 Å². The van der Waals surface area contributed by atoms with Crippen molar-refractivity contribution in [3.05, 3.63) is 57.6 Å². The summed E-state index contributed by atoms with van der Waals surface area (Å²) in [5.74, 6) is 0.0723. The van der Waals surface area contributed by atoms with Gasteiger partial charge in [-0.3, -0.25) is 9.63 Å². The molecule has 1 aliphatic heterocycles. The minimum atomic E-state index is -0.248. The number of hydrogen-bond acceptors (Lipinski definition) is 3. The molecular weight excluding hydrogens is 386 g/mol. The number of phenols is 1. The Balaban J connectivity index is 2.25. The van der Waals surface area contributed by atoms with Crippen molar-refractivity contribution in [1.82, 2.24) is 0 Å². The Bertz CT molecular complexity index is 975. The zero-order valence-corrected chi connectivity index (χ0v) is 18.8. The summed E-state index contributed by atoms with van der Waals surface area (Å²) >= 11 is 6.12. The zero-order chi connectivity index (χ0) is 21.7. The van der Waals surface area contributed by atoms with E-state index in [1.165, 1.54) is 12.2 Å². The maximum atomic E-state index is 13.0. The topological polar surface area (TPSA) is 49.8 Å². The number of halogens is 1. The van der Waals surface area contributed by atoms with E-state index < -0.39 is 0 Å². The second-order valence-corrected chi connectivity index (χ2v) is 9.90. The van der Waals surface area contributed by atoms with Crippen LogP contribution in [-0.2, 0) is 20.5 Å².